The van der Waals surface area contributed by atoms with Crippen molar-refractivity contribution in [3.05, 3.63) is 36.5 Å². The van der Waals surface area contributed by atoms with Gasteiger partial charge in [0.1, 0.15) is 24.4 Å². The van der Waals surface area contributed by atoms with Crippen molar-refractivity contribution < 1.29 is 39.8 Å². The van der Waals surface area contributed by atoms with Crippen molar-refractivity contribution in [2.75, 3.05) is 13.2 Å². The van der Waals surface area contributed by atoms with Crippen molar-refractivity contribution in [3.8, 4) is 0 Å². The molecule has 0 aromatic rings. The highest BCUT2D eigenvalue weighted by Crippen LogP contribution is 2.23. The van der Waals surface area contributed by atoms with Crippen LogP contribution in [0.2, 0.25) is 0 Å². The van der Waals surface area contributed by atoms with E-state index in [-0.39, 0.29) is 18.9 Å². The number of carbonyl (C=O) groups excluding carboxylic acids is 1. The van der Waals surface area contributed by atoms with Crippen LogP contribution in [-0.4, -0.2) is 87.5 Å². The van der Waals surface area contributed by atoms with E-state index in [4.69, 9.17) is 9.47 Å². The minimum absolute atomic E-state index is 0.144. The van der Waals surface area contributed by atoms with E-state index in [1.807, 2.05) is 18.2 Å². The van der Waals surface area contributed by atoms with Crippen LogP contribution in [-0.2, 0) is 14.3 Å². The summed E-state index contributed by atoms with van der Waals surface area (Å²) in [6, 6.07) is -0.811. The third-order valence-electron chi connectivity index (χ3n) is 12.5. The SMILES string of the molecule is CCCCCCCCCCCCC=CC[C@@H](O)[C@H](CO[C@@H]1O[C@H](CO)[C@@H](O)C(O)C1O)NC(=O)CC=CCC=CCCCCCCCCCCCCCCCCCCCCCC. The molecule has 62 heavy (non-hydrogen) atoms. The standard InChI is InChI=1S/C53H99NO8/c1-3-5-7-9-11-13-15-17-18-19-20-21-22-23-24-25-26-27-28-29-31-33-35-37-39-41-43-49(57)54-46(45-61-53-52(60)51(59)50(58)48(44-55)62-53)47(56)42-40-38-36-34-32-30-16-14-12-10-8-6-4-2/h33,35,38-41,46-48,50-53,55-56,58-60H,3-32,34,36-37,42-45H2,1-2H3,(H,54,57)/t46-,47+,48+,50+,51?,52?,53+/m0/s1. The molecule has 0 bridgehead atoms. The van der Waals surface area contributed by atoms with Gasteiger partial charge >= 0.3 is 0 Å². The van der Waals surface area contributed by atoms with Gasteiger partial charge in [-0.1, -0.05) is 230 Å². The van der Waals surface area contributed by atoms with Crippen molar-refractivity contribution in [1.82, 2.24) is 5.32 Å². The van der Waals surface area contributed by atoms with Gasteiger partial charge in [-0.2, -0.15) is 0 Å². The minimum atomic E-state index is -1.57. The van der Waals surface area contributed by atoms with E-state index in [1.165, 1.54) is 186 Å². The second-order valence-corrected chi connectivity index (χ2v) is 18.3. The van der Waals surface area contributed by atoms with Crippen LogP contribution in [0.25, 0.3) is 0 Å². The maximum Gasteiger partial charge on any atom is 0.224 e. The fraction of sp³-hybridized carbons (Fsp3) is 0.868. The number of aliphatic hydroxyl groups excluding tert-OH is 5. The highest BCUT2D eigenvalue weighted by atomic mass is 16.7. The summed E-state index contributed by atoms with van der Waals surface area (Å²) in [6.45, 7) is 3.76. The van der Waals surface area contributed by atoms with Crippen LogP contribution in [0.4, 0.5) is 0 Å². The van der Waals surface area contributed by atoms with Gasteiger partial charge in [0.05, 0.1) is 25.4 Å². The molecule has 1 rings (SSSR count). The monoisotopic (exact) mass is 878 g/mol. The van der Waals surface area contributed by atoms with E-state index in [0.29, 0.717) is 6.42 Å². The zero-order valence-corrected chi connectivity index (χ0v) is 40.1. The van der Waals surface area contributed by atoms with Crippen LogP contribution < -0.4 is 5.32 Å². The summed E-state index contributed by atoms with van der Waals surface area (Å²) < 4.78 is 11.2. The third kappa shape index (κ3) is 33.0. The molecule has 0 aliphatic carbocycles. The second kappa shape index (κ2) is 43.3. The molecule has 1 amide bonds. The number of rotatable bonds is 44. The molecule has 0 aromatic carbocycles. The molecule has 7 atom stereocenters. The van der Waals surface area contributed by atoms with Gasteiger partial charge in [0.25, 0.3) is 0 Å². The number of hydrogen-bond acceptors (Lipinski definition) is 8. The number of nitrogens with one attached hydrogen (secondary N) is 1. The van der Waals surface area contributed by atoms with Crippen LogP contribution in [0.3, 0.4) is 0 Å². The highest BCUT2D eigenvalue weighted by molar-refractivity contribution is 5.77. The Morgan fingerprint density at radius 3 is 1.39 bits per heavy atom. The average molecular weight is 878 g/mol. The fourth-order valence-corrected chi connectivity index (χ4v) is 8.28. The van der Waals surface area contributed by atoms with E-state index >= 15 is 0 Å². The summed E-state index contributed by atoms with van der Waals surface area (Å²) in [5.41, 5.74) is 0. The average Bonchev–Trinajstić information content (AvgIpc) is 3.27. The fourth-order valence-electron chi connectivity index (χ4n) is 8.28. The van der Waals surface area contributed by atoms with E-state index in [1.54, 1.807) is 0 Å². The van der Waals surface area contributed by atoms with Gasteiger partial charge in [0, 0.05) is 6.42 Å². The molecule has 0 saturated carbocycles. The topological polar surface area (TPSA) is 149 Å². The molecule has 1 saturated heterocycles. The number of carbonyl (C=O) groups is 1. The minimum Gasteiger partial charge on any atom is -0.394 e. The first kappa shape index (κ1) is 58.4. The van der Waals surface area contributed by atoms with Gasteiger partial charge in [-0.25, -0.2) is 0 Å². The van der Waals surface area contributed by atoms with Crippen molar-refractivity contribution in [1.29, 1.82) is 0 Å². The smallest absolute Gasteiger partial charge is 0.224 e. The number of ether oxygens (including phenoxy) is 2. The molecular formula is C53H99NO8. The normalized spacial score (nSPS) is 20.5. The van der Waals surface area contributed by atoms with Crippen LogP contribution in [0.5, 0.6) is 0 Å². The molecule has 1 heterocycles. The Balaban J connectivity index is 2.26. The van der Waals surface area contributed by atoms with E-state index in [2.05, 4.69) is 37.4 Å². The summed E-state index contributed by atoms with van der Waals surface area (Å²) >= 11 is 0. The Labute approximate surface area is 381 Å². The highest BCUT2D eigenvalue weighted by Gasteiger charge is 2.44. The second-order valence-electron chi connectivity index (χ2n) is 18.3. The van der Waals surface area contributed by atoms with E-state index < -0.39 is 49.5 Å². The number of amides is 1. The molecule has 0 aromatic heterocycles. The quantitative estimate of drug-likeness (QED) is 0.0262. The first-order valence-corrected chi connectivity index (χ1v) is 26.2. The first-order chi connectivity index (χ1) is 30.3. The van der Waals surface area contributed by atoms with E-state index in [9.17, 15) is 30.3 Å². The molecule has 9 nitrogen and oxygen atoms in total. The summed E-state index contributed by atoms with van der Waals surface area (Å²) in [5, 5.41) is 54.2. The van der Waals surface area contributed by atoms with Crippen LogP contribution in [0.15, 0.2) is 36.5 Å². The summed E-state index contributed by atoms with van der Waals surface area (Å²) in [4.78, 5) is 12.9. The largest absolute Gasteiger partial charge is 0.394 e. The molecule has 364 valence electrons. The van der Waals surface area contributed by atoms with Crippen LogP contribution in [0.1, 0.15) is 239 Å². The molecule has 2 unspecified atom stereocenters. The van der Waals surface area contributed by atoms with Crippen molar-refractivity contribution >= 4 is 5.91 Å². The van der Waals surface area contributed by atoms with Crippen molar-refractivity contribution in [3.63, 3.8) is 0 Å². The number of allylic oxidation sites excluding steroid dienone is 4. The van der Waals surface area contributed by atoms with Gasteiger partial charge in [-0.3, -0.25) is 4.79 Å². The van der Waals surface area contributed by atoms with Crippen LogP contribution in [0, 0.1) is 0 Å². The zero-order chi connectivity index (χ0) is 45.1. The zero-order valence-electron chi connectivity index (χ0n) is 40.1. The molecule has 1 aliphatic heterocycles. The lowest BCUT2D eigenvalue weighted by Gasteiger charge is -2.40. The Bertz CT molecular complexity index is 1070. The predicted octanol–water partition coefficient (Wildman–Crippen LogP) is 12.0. The Morgan fingerprint density at radius 2 is 0.952 bits per heavy atom. The maximum atomic E-state index is 12.9. The molecule has 1 aliphatic rings. The van der Waals surface area contributed by atoms with Gasteiger partial charge in [0.2, 0.25) is 5.91 Å². The third-order valence-corrected chi connectivity index (χ3v) is 12.5. The summed E-state index contributed by atoms with van der Waals surface area (Å²) in [6.07, 6.45) is 48.0. The lowest BCUT2D eigenvalue weighted by molar-refractivity contribution is -0.302. The van der Waals surface area contributed by atoms with Crippen molar-refractivity contribution in [2.45, 2.75) is 281 Å². The Morgan fingerprint density at radius 1 is 0.548 bits per heavy atom. The van der Waals surface area contributed by atoms with Gasteiger partial charge in [-0.05, 0) is 38.5 Å². The lowest BCUT2D eigenvalue weighted by Crippen LogP contribution is -2.60. The van der Waals surface area contributed by atoms with Gasteiger partial charge < -0.3 is 40.3 Å². The molecule has 6 N–H and O–H groups in total. The van der Waals surface area contributed by atoms with Gasteiger partial charge in [0.15, 0.2) is 6.29 Å². The molecule has 0 spiro atoms. The maximum absolute atomic E-state index is 12.9. The molecule has 0 radical (unpaired) electrons. The molecule has 1 fully saturated rings. The van der Waals surface area contributed by atoms with Crippen molar-refractivity contribution in [2.24, 2.45) is 0 Å². The number of unbranched alkanes of at least 4 members (excludes halogenated alkanes) is 30. The Hall–Kier alpha value is -1.59. The first-order valence-electron chi connectivity index (χ1n) is 26.2. The lowest BCUT2D eigenvalue weighted by atomic mass is 9.99. The predicted molar refractivity (Wildman–Crippen MR) is 258 cm³/mol. The number of aliphatic hydroxyl groups is 5. The number of hydrogen-bond donors (Lipinski definition) is 6. The van der Waals surface area contributed by atoms with E-state index in [0.717, 1.165) is 25.7 Å². The molecular weight excluding hydrogens is 779 g/mol. The summed E-state index contributed by atoms with van der Waals surface area (Å²) in [5.74, 6) is -0.273. The summed E-state index contributed by atoms with van der Waals surface area (Å²) in [7, 11) is 0. The van der Waals surface area contributed by atoms with Crippen LogP contribution >= 0.6 is 0 Å². The van der Waals surface area contributed by atoms with Gasteiger partial charge in [-0.15, -0.1) is 0 Å². The molecule has 9 heteroatoms. The Kier molecular flexibility index (Phi) is 40.8.